The molecule has 6 nitrogen and oxygen atoms in total. The minimum absolute atomic E-state index is 0. The molecule has 1 aromatic rings. The zero-order chi connectivity index (χ0) is 16.9. The summed E-state index contributed by atoms with van der Waals surface area (Å²) in [6.07, 6.45) is 3.52. The van der Waals surface area contributed by atoms with Crippen LogP contribution in [0.15, 0.2) is 18.2 Å². The zero-order valence-electron chi connectivity index (χ0n) is 15.2. The molecule has 0 unspecified atom stereocenters. The quantitative estimate of drug-likeness (QED) is 0.833. The normalized spacial score (nSPS) is 17.2. The van der Waals surface area contributed by atoms with Crippen molar-refractivity contribution >= 4 is 42.3 Å². The third-order valence-electron chi connectivity index (χ3n) is 4.83. The van der Waals surface area contributed by atoms with E-state index < -0.39 is 0 Å². The molecule has 148 valence electrons. The van der Waals surface area contributed by atoms with Crippen LogP contribution < -0.4 is 9.80 Å². The fraction of sp³-hybridized carbons (Fsp3) is 0.611. The van der Waals surface area contributed by atoms with Gasteiger partial charge < -0.3 is 24.5 Å². The van der Waals surface area contributed by atoms with E-state index in [1.807, 2.05) is 13.0 Å². The number of aromatic hydroxyl groups is 1. The molecule has 1 amide bonds. The lowest BCUT2D eigenvalue weighted by atomic mass is 10.1. The predicted octanol–water partition coefficient (Wildman–Crippen LogP) is 3.50. The summed E-state index contributed by atoms with van der Waals surface area (Å²) < 4.78 is 5.06. The van der Waals surface area contributed by atoms with Crippen LogP contribution in [0.2, 0.25) is 0 Å². The summed E-state index contributed by atoms with van der Waals surface area (Å²) in [5.74, 6) is 0.306. The lowest BCUT2D eigenvalue weighted by Crippen LogP contribution is -2.49. The van der Waals surface area contributed by atoms with E-state index in [1.165, 1.54) is 24.9 Å². The van der Waals surface area contributed by atoms with Gasteiger partial charge in [-0.1, -0.05) is 0 Å². The van der Waals surface area contributed by atoms with Crippen LogP contribution in [0.1, 0.15) is 26.2 Å². The van der Waals surface area contributed by atoms with Gasteiger partial charge in [0, 0.05) is 45.0 Å². The number of rotatable bonds is 3. The maximum absolute atomic E-state index is 11.8. The molecule has 3 rings (SSSR count). The molecule has 26 heavy (non-hydrogen) atoms. The maximum atomic E-state index is 11.8. The Hall–Kier alpha value is -1.53. The third-order valence-corrected chi connectivity index (χ3v) is 4.83. The molecule has 2 saturated heterocycles. The molecule has 2 fully saturated rings. The van der Waals surface area contributed by atoms with Gasteiger partial charge in [-0.25, -0.2) is 4.79 Å². The first-order chi connectivity index (χ1) is 11.7. The first kappa shape index (κ1) is 22.5. The average Bonchev–Trinajstić information content (AvgIpc) is 2.63. The Labute approximate surface area is 167 Å². The number of piperidine rings is 1. The van der Waals surface area contributed by atoms with E-state index in [9.17, 15) is 9.90 Å². The monoisotopic (exact) mass is 405 g/mol. The van der Waals surface area contributed by atoms with Crippen molar-refractivity contribution in [3.05, 3.63) is 18.2 Å². The maximum Gasteiger partial charge on any atom is 0.409 e. The molecular formula is C18H29Cl2N3O3. The molecule has 0 bridgehead atoms. The fourth-order valence-corrected chi connectivity index (χ4v) is 3.46. The van der Waals surface area contributed by atoms with Crippen LogP contribution >= 0.6 is 24.8 Å². The first-order valence-corrected chi connectivity index (χ1v) is 8.93. The molecule has 1 aromatic carbocycles. The van der Waals surface area contributed by atoms with E-state index in [0.717, 1.165) is 18.8 Å². The van der Waals surface area contributed by atoms with Gasteiger partial charge in [0.2, 0.25) is 0 Å². The SMILES string of the molecule is CCOC(=O)N1CCN(c2cc(N3CCCCC3)ccc2O)CC1.Cl.Cl. The van der Waals surface area contributed by atoms with Crippen LogP contribution in [-0.4, -0.2) is 62.0 Å². The average molecular weight is 406 g/mol. The lowest BCUT2D eigenvalue weighted by Gasteiger charge is -2.36. The summed E-state index contributed by atoms with van der Waals surface area (Å²) in [5, 5.41) is 10.3. The van der Waals surface area contributed by atoms with Crippen LogP contribution in [0.5, 0.6) is 5.75 Å². The van der Waals surface area contributed by atoms with Gasteiger partial charge in [-0.2, -0.15) is 0 Å². The summed E-state index contributed by atoms with van der Waals surface area (Å²) >= 11 is 0. The molecule has 8 heteroatoms. The lowest BCUT2D eigenvalue weighted by molar-refractivity contribution is 0.105. The minimum Gasteiger partial charge on any atom is -0.506 e. The Morgan fingerprint density at radius 3 is 2.27 bits per heavy atom. The molecule has 2 aliphatic heterocycles. The number of nitrogens with zero attached hydrogens (tertiary/aromatic N) is 3. The number of phenols is 1. The summed E-state index contributed by atoms with van der Waals surface area (Å²) in [5.41, 5.74) is 2.04. The number of hydrogen-bond acceptors (Lipinski definition) is 5. The Morgan fingerprint density at radius 1 is 1.00 bits per heavy atom. The Bertz CT molecular complexity index is 575. The number of benzene rings is 1. The second kappa shape index (κ2) is 10.6. The summed E-state index contributed by atoms with van der Waals surface area (Å²) in [6.45, 7) is 7.03. The number of amides is 1. The van der Waals surface area contributed by atoms with E-state index in [4.69, 9.17) is 4.74 Å². The van der Waals surface area contributed by atoms with E-state index in [2.05, 4.69) is 15.9 Å². The van der Waals surface area contributed by atoms with Crippen molar-refractivity contribution in [3.8, 4) is 5.75 Å². The number of anilines is 2. The van der Waals surface area contributed by atoms with Gasteiger partial charge in [-0.05, 0) is 44.4 Å². The molecule has 0 saturated carbocycles. The molecule has 2 aliphatic rings. The molecule has 0 aromatic heterocycles. The molecule has 0 radical (unpaired) electrons. The van der Waals surface area contributed by atoms with Crippen molar-refractivity contribution in [1.29, 1.82) is 0 Å². The molecular weight excluding hydrogens is 377 g/mol. The van der Waals surface area contributed by atoms with Gasteiger partial charge >= 0.3 is 6.09 Å². The zero-order valence-corrected chi connectivity index (χ0v) is 16.9. The molecule has 0 atom stereocenters. The second-order valence-corrected chi connectivity index (χ2v) is 6.39. The van der Waals surface area contributed by atoms with E-state index in [0.29, 0.717) is 38.5 Å². The van der Waals surface area contributed by atoms with E-state index in [-0.39, 0.29) is 30.9 Å². The Morgan fingerprint density at radius 2 is 1.65 bits per heavy atom. The highest BCUT2D eigenvalue weighted by Crippen LogP contribution is 2.33. The van der Waals surface area contributed by atoms with Gasteiger partial charge in [-0.15, -0.1) is 24.8 Å². The number of carbonyl (C=O) groups is 1. The topological polar surface area (TPSA) is 56.2 Å². The van der Waals surface area contributed by atoms with Crippen molar-refractivity contribution < 1.29 is 14.6 Å². The summed E-state index contributed by atoms with van der Waals surface area (Å²) in [6, 6.07) is 5.87. The van der Waals surface area contributed by atoms with Gasteiger partial charge in [0.1, 0.15) is 5.75 Å². The standard InChI is InChI=1S/C18H27N3O3.2ClH/c1-2-24-18(23)21-12-10-20(11-13-21)16-14-15(6-7-17(16)22)19-8-4-3-5-9-19;;/h6-7,14,22H,2-5,8-13H2,1H3;2*1H. The molecule has 0 aliphatic carbocycles. The smallest absolute Gasteiger partial charge is 0.409 e. The van der Waals surface area contributed by atoms with Crippen molar-refractivity contribution in [2.45, 2.75) is 26.2 Å². The summed E-state index contributed by atoms with van der Waals surface area (Å²) in [7, 11) is 0. The third kappa shape index (κ3) is 5.24. The highest BCUT2D eigenvalue weighted by molar-refractivity contribution is 5.85. The van der Waals surface area contributed by atoms with Gasteiger partial charge in [0.05, 0.1) is 12.3 Å². The van der Waals surface area contributed by atoms with Crippen molar-refractivity contribution in [2.75, 3.05) is 55.7 Å². The van der Waals surface area contributed by atoms with E-state index in [1.54, 1.807) is 11.0 Å². The number of hydrogen-bond donors (Lipinski definition) is 1. The van der Waals surface area contributed by atoms with Crippen LogP contribution in [0, 0.1) is 0 Å². The van der Waals surface area contributed by atoms with Gasteiger partial charge in [0.15, 0.2) is 0 Å². The Balaban J connectivity index is 0.00000169. The van der Waals surface area contributed by atoms with Crippen molar-refractivity contribution in [2.24, 2.45) is 0 Å². The summed E-state index contributed by atoms with van der Waals surface area (Å²) in [4.78, 5) is 18.1. The molecule has 1 N–H and O–H groups in total. The van der Waals surface area contributed by atoms with Crippen molar-refractivity contribution in [1.82, 2.24) is 4.90 Å². The minimum atomic E-state index is -0.247. The van der Waals surface area contributed by atoms with Gasteiger partial charge in [0.25, 0.3) is 0 Å². The van der Waals surface area contributed by atoms with Crippen LogP contribution in [0.25, 0.3) is 0 Å². The van der Waals surface area contributed by atoms with Crippen LogP contribution in [-0.2, 0) is 4.74 Å². The second-order valence-electron chi connectivity index (χ2n) is 6.39. The van der Waals surface area contributed by atoms with Crippen molar-refractivity contribution in [3.63, 3.8) is 0 Å². The first-order valence-electron chi connectivity index (χ1n) is 8.93. The number of piperazine rings is 1. The largest absolute Gasteiger partial charge is 0.506 e. The van der Waals surface area contributed by atoms with E-state index >= 15 is 0 Å². The fourth-order valence-electron chi connectivity index (χ4n) is 3.46. The Kier molecular flexibility index (Phi) is 9.16. The predicted molar refractivity (Wildman–Crippen MR) is 109 cm³/mol. The highest BCUT2D eigenvalue weighted by Gasteiger charge is 2.24. The number of halogens is 2. The molecule has 0 spiro atoms. The number of carbonyl (C=O) groups excluding carboxylic acids is 1. The van der Waals surface area contributed by atoms with Crippen LogP contribution in [0.4, 0.5) is 16.2 Å². The molecule has 2 heterocycles. The highest BCUT2D eigenvalue weighted by atomic mass is 35.5. The number of ether oxygens (including phenoxy) is 1. The van der Waals surface area contributed by atoms with Gasteiger partial charge in [-0.3, -0.25) is 0 Å². The number of phenolic OH excluding ortho intramolecular Hbond substituents is 1. The van der Waals surface area contributed by atoms with Crippen LogP contribution in [0.3, 0.4) is 0 Å².